The van der Waals surface area contributed by atoms with Crippen molar-refractivity contribution in [2.24, 2.45) is 0 Å². The summed E-state index contributed by atoms with van der Waals surface area (Å²) >= 11 is 0. The van der Waals surface area contributed by atoms with Gasteiger partial charge in [0.05, 0.1) is 11.9 Å². The maximum absolute atomic E-state index is 13.8. The quantitative estimate of drug-likeness (QED) is 0.325. The van der Waals surface area contributed by atoms with Crippen LogP contribution in [-0.2, 0) is 32.8 Å². The molecule has 0 saturated carbocycles. The zero-order valence-electron chi connectivity index (χ0n) is 23.8. The predicted octanol–water partition coefficient (Wildman–Crippen LogP) is 4.67. The minimum absolute atomic E-state index is 0.105. The number of amides is 2. The van der Waals surface area contributed by atoms with E-state index in [1.54, 1.807) is 24.3 Å². The summed E-state index contributed by atoms with van der Waals surface area (Å²) in [4.78, 5) is 28.4. The van der Waals surface area contributed by atoms with Gasteiger partial charge in [-0.3, -0.25) is 13.9 Å². The van der Waals surface area contributed by atoms with E-state index in [0.29, 0.717) is 24.5 Å². The lowest BCUT2D eigenvalue weighted by Gasteiger charge is -2.33. The van der Waals surface area contributed by atoms with E-state index in [1.807, 2.05) is 82.3 Å². The Morgan fingerprint density at radius 1 is 0.925 bits per heavy atom. The number of nitrogens with one attached hydrogen (secondary N) is 1. The maximum Gasteiger partial charge on any atom is 0.244 e. The average Bonchev–Trinajstić information content (AvgIpc) is 2.91. The fourth-order valence-electron chi connectivity index (χ4n) is 4.33. The van der Waals surface area contributed by atoms with Crippen LogP contribution in [0.15, 0.2) is 78.9 Å². The van der Waals surface area contributed by atoms with Crippen LogP contribution < -0.4 is 14.4 Å². The van der Waals surface area contributed by atoms with E-state index < -0.39 is 28.5 Å². The second-order valence-electron chi connectivity index (χ2n) is 10.1. The number of ether oxygens (including phenoxy) is 1. The third kappa shape index (κ3) is 8.58. The second-order valence-corrected chi connectivity index (χ2v) is 12.0. The molecule has 0 bridgehead atoms. The Balaban J connectivity index is 1.86. The minimum atomic E-state index is -3.82. The molecule has 0 heterocycles. The Hall–Kier alpha value is -3.85. The lowest BCUT2D eigenvalue weighted by atomic mass is 10.1. The second kappa shape index (κ2) is 14.0. The van der Waals surface area contributed by atoms with Crippen molar-refractivity contribution in [3.63, 3.8) is 0 Å². The van der Waals surface area contributed by atoms with Crippen molar-refractivity contribution >= 4 is 27.5 Å². The third-order valence-electron chi connectivity index (χ3n) is 6.47. The largest absolute Gasteiger partial charge is 0.489 e. The summed E-state index contributed by atoms with van der Waals surface area (Å²) < 4.78 is 32.6. The van der Waals surface area contributed by atoms with Gasteiger partial charge in [-0.05, 0) is 68.1 Å². The molecule has 0 aromatic heterocycles. The summed E-state index contributed by atoms with van der Waals surface area (Å²) in [5.41, 5.74) is 3.21. The van der Waals surface area contributed by atoms with E-state index in [0.717, 1.165) is 27.3 Å². The van der Waals surface area contributed by atoms with E-state index >= 15 is 0 Å². The molecule has 3 rings (SSSR count). The van der Waals surface area contributed by atoms with Gasteiger partial charge >= 0.3 is 0 Å². The summed E-state index contributed by atoms with van der Waals surface area (Å²) in [6, 6.07) is 23.1. The van der Waals surface area contributed by atoms with Gasteiger partial charge in [-0.15, -0.1) is 0 Å². The topological polar surface area (TPSA) is 96.0 Å². The molecule has 0 unspecified atom stereocenters. The predicted molar refractivity (Wildman–Crippen MR) is 158 cm³/mol. The zero-order chi connectivity index (χ0) is 29.3. The van der Waals surface area contributed by atoms with Crippen LogP contribution in [0.2, 0.25) is 0 Å². The highest BCUT2D eigenvalue weighted by molar-refractivity contribution is 7.92. The number of rotatable bonds is 13. The number of carbonyl (C=O) groups excluding carboxylic acids is 2. The van der Waals surface area contributed by atoms with Crippen molar-refractivity contribution < 1.29 is 22.7 Å². The number of sulfonamides is 1. The Kier molecular flexibility index (Phi) is 10.7. The summed E-state index contributed by atoms with van der Waals surface area (Å²) in [5.74, 6) is -0.168. The molecule has 0 fully saturated rings. The van der Waals surface area contributed by atoms with Gasteiger partial charge in [-0.1, -0.05) is 61.5 Å². The molecule has 0 aliphatic rings. The maximum atomic E-state index is 13.8. The lowest BCUT2D eigenvalue weighted by molar-refractivity contribution is -0.140. The van der Waals surface area contributed by atoms with Crippen LogP contribution in [0, 0.1) is 6.92 Å². The first-order valence-corrected chi connectivity index (χ1v) is 15.2. The van der Waals surface area contributed by atoms with Gasteiger partial charge in [0.25, 0.3) is 0 Å². The van der Waals surface area contributed by atoms with Crippen LogP contribution in [0.3, 0.4) is 0 Å². The number of aryl methyl sites for hydroxylation is 1. The van der Waals surface area contributed by atoms with Crippen LogP contribution in [-0.4, -0.2) is 50.0 Å². The zero-order valence-corrected chi connectivity index (χ0v) is 24.6. The SMILES string of the molecule is CC[C@H](C(=O)NC(C)C)N(Cc1ccccc1C)C(=O)CN(c1ccc(OCc2ccccc2)cc1)S(C)(=O)=O. The first-order valence-electron chi connectivity index (χ1n) is 13.4. The molecule has 9 heteroatoms. The summed E-state index contributed by atoms with van der Waals surface area (Å²) in [6.07, 6.45) is 1.44. The van der Waals surface area contributed by atoms with Gasteiger partial charge in [0.15, 0.2) is 0 Å². The summed E-state index contributed by atoms with van der Waals surface area (Å²) in [6.45, 7) is 7.61. The highest BCUT2D eigenvalue weighted by atomic mass is 32.2. The molecule has 1 N–H and O–H groups in total. The molecule has 2 amide bonds. The van der Waals surface area contributed by atoms with Gasteiger partial charge in [0.2, 0.25) is 21.8 Å². The van der Waals surface area contributed by atoms with E-state index in [2.05, 4.69) is 5.32 Å². The average molecular weight is 566 g/mol. The molecule has 0 aliphatic carbocycles. The van der Waals surface area contributed by atoms with Crippen LogP contribution in [0.5, 0.6) is 5.75 Å². The van der Waals surface area contributed by atoms with Gasteiger partial charge in [0, 0.05) is 12.6 Å². The first kappa shape index (κ1) is 30.7. The fraction of sp³-hybridized carbons (Fsp3) is 0.355. The van der Waals surface area contributed by atoms with Crippen LogP contribution in [0.25, 0.3) is 0 Å². The van der Waals surface area contributed by atoms with Crippen molar-refractivity contribution in [3.05, 3.63) is 95.6 Å². The number of hydrogen-bond acceptors (Lipinski definition) is 5. The molecule has 0 radical (unpaired) electrons. The van der Waals surface area contributed by atoms with Crippen LogP contribution in [0.4, 0.5) is 5.69 Å². The van der Waals surface area contributed by atoms with Gasteiger partial charge in [-0.2, -0.15) is 0 Å². The number of anilines is 1. The van der Waals surface area contributed by atoms with E-state index in [9.17, 15) is 18.0 Å². The van der Waals surface area contributed by atoms with Crippen LogP contribution in [0.1, 0.15) is 43.9 Å². The summed E-state index contributed by atoms with van der Waals surface area (Å²) in [7, 11) is -3.82. The van der Waals surface area contributed by atoms with E-state index in [4.69, 9.17) is 4.74 Å². The molecule has 214 valence electrons. The molecule has 1 atom stereocenters. The Morgan fingerprint density at radius 2 is 1.55 bits per heavy atom. The van der Waals surface area contributed by atoms with Crippen molar-refractivity contribution in [2.45, 2.75) is 59.4 Å². The number of nitrogens with zero attached hydrogens (tertiary/aromatic N) is 2. The fourth-order valence-corrected chi connectivity index (χ4v) is 5.18. The minimum Gasteiger partial charge on any atom is -0.489 e. The standard InChI is InChI=1S/C31H39N3O5S/c1-6-29(31(36)32-23(2)3)33(20-26-15-11-10-12-24(26)4)30(35)21-34(40(5,37)38)27-16-18-28(19-17-27)39-22-25-13-8-7-9-14-25/h7-19,23,29H,6,20-22H2,1-5H3,(H,32,36)/t29-/m1/s1. The number of carbonyl (C=O) groups is 2. The molecule has 3 aromatic carbocycles. The Bertz CT molecular complexity index is 1380. The first-order chi connectivity index (χ1) is 19.0. The summed E-state index contributed by atoms with van der Waals surface area (Å²) in [5, 5.41) is 2.90. The molecule has 0 saturated heterocycles. The normalized spacial score (nSPS) is 12.1. The highest BCUT2D eigenvalue weighted by Crippen LogP contribution is 2.24. The van der Waals surface area contributed by atoms with Crippen molar-refractivity contribution in [3.8, 4) is 5.75 Å². The molecule has 40 heavy (non-hydrogen) atoms. The van der Waals surface area contributed by atoms with Crippen molar-refractivity contribution in [2.75, 3.05) is 17.1 Å². The van der Waals surface area contributed by atoms with Crippen molar-refractivity contribution in [1.82, 2.24) is 10.2 Å². The Morgan fingerprint density at radius 3 is 2.12 bits per heavy atom. The molecule has 0 aliphatic heterocycles. The molecule has 3 aromatic rings. The van der Waals surface area contributed by atoms with E-state index in [-0.39, 0.29) is 18.5 Å². The number of benzene rings is 3. The van der Waals surface area contributed by atoms with Gasteiger partial charge in [-0.25, -0.2) is 8.42 Å². The monoisotopic (exact) mass is 565 g/mol. The molecule has 0 spiro atoms. The van der Waals surface area contributed by atoms with Gasteiger partial charge in [0.1, 0.15) is 24.9 Å². The Labute approximate surface area is 238 Å². The smallest absolute Gasteiger partial charge is 0.244 e. The highest BCUT2D eigenvalue weighted by Gasteiger charge is 2.32. The molecule has 8 nitrogen and oxygen atoms in total. The molecular weight excluding hydrogens is 526 g/mol. The van der Waals surface area contributed by atoms with Crippen molar-refractivity contribution in [1.29, 1.82) is 0 Å². The number of hydrogen-bond donors (Lipinski definition) is 1. The van der Waals surface area contributed by atoms with Crippen LogP contribution >= 0.6 is 0 Å². The lowest BCUT2D eigenvalue weighted by Crippen LogP contribution is -2.53. The van der Waals surface area contributed by atoms with E-state index in [1.165, 1.54) is 4.90 Å². The van der Waals surface area contributed by atoms with Gasteiger partial charge < -0.3 is 15.0 Å². The third-order valence-corrected chi connectivity index (χ3v) is 7.61. The molecular formula is C31H39N3O5S.